The van der Waals surface area contributed by atoms with E-state index in [1.165, 1.54) is 16.9 Å². The normalized spacial score (nSPS) is 10.7. The summed E-state index contributed by atoms with van der Waals surface area (Å²) in [5.74, 6) is -0.0213. The molecule has 0 saturated carbocycles. The van der Waals surface area contributed by atoms with Gasteiger partial charge in [-0.2, -0.15) is 5.10 Å². The van der Waals surface area contributed by atoms with Gasteiger partial charge in [-0.3, -0.25) is 9.89 Å². The first kappa shape index (κ1) is 13.7. The van der Waals surface area contributed by atoms with E-state index in [0.717, 1.165) is 34.1 Å². The van der Waals surface area contributed by atoms with Crippen LogP contribution in [0.1, 0.15) is 38.1 Å². The molecule has 0 spiro atoms. The number of aromatic amines is 1. The fourth-order valence-corrected chi connectivity index (χ4v) is 2.77. The molecule has 2 aromatic rings. The van der Waals surface area contributed by atoms with Gasteiger partial charge in [-0.25, -0.2) is 4.98 Å². The Kier molecular flexibility index (Phi) is 4.31. The molecule has 0 bridgehead atoms. The van der Waals surface area contributed by atoms with Gasteiger partial charge in [-0.1, -0.05) is 0 Å². The maximum absolute atomic E-state index is 11.9. The molecule has 102 valence electrons. The van der Waals surface area contributed by atoms with Crippen LogP contribution in [0.5, 0.6) is 0 Å². The van der Waals surface area contributed by atoms with Crippen LogP contribution in [-0.4, -0.2) is 27.6 Å². The van der Waals surface area contributed by atoms with E-state index in [0.29, 0.717) is 6.54 Å². The van der Waals surface area contributed by atoms with E-state index < -0.39 is 0 Å². The molecule has 2 heterocycles. The van der Waals surface area contributed by atoms with Gasteiger partial charge < -0.3 is 5.32 Å². The SMILES string of the molecule is Cc1nc(C)c(C(=O)NCCCc2cn[nH]c2C)s1. The number of hydrogen-bond donors (Lipinski definition) is 2. The number of nitrogens with zero attached hydrogens (tertiary/aromatic N) is 2. The molecule has 0 saturated heterocycles. The molecule has 2 aromatic heterocycles. The summed E-state index contributed by atoms with van der Waals surface area (Å²) < 4.78 is 0. The molecular formula is C13H18N4OS. The van der Waals surface area contributed by atoms with Crippen molar-refractivity contribution in [2.24, 2.45) is 0 Å². The molecular weight excluding hydrogens is 260 g/mol. The van der Waals surface area contributed by atoms with Crippen LogP contribution in [0.15, 0.2) is 6.20 Å². The van der Waals surface area contributed by atoms with Crippen molar-refractivity contribution in [1.82, 2.24) is 20.5 Å². The second kappa shape index (κ2) is 5.97. The van der Waals surface area contributed by atoms with Crippen molar-refractivity contribution in [1.29, 1.82) is 0 Å². The Hall–Kier alpha value is -1.69. The second-order valence-electron chi connectivity index (χ2n) is 4.53. The number of aromatic nitrogens is 3. The molecule has 0 radical (unpaired) electrons. The summed E-state index contributed by atoms with van der Waals surface area (Å²) in [5, 5.41) is 10.8. The van der Waals surface area contributed by atoms with Crippen LogP contribution in [0.25, 0.3) is 0 Å². The first-order chi connectivity index (χ1) is 9.08. The van der Waals surface area contributed by atoms with Crippen LogP contribution in [0, 0.1) is 20.8 Å². The van der Waals surface area contributed by atoms with Gasteiger partial charge in [-0.05, 0) is 39.2 Å². The second-order valence-corrected chi connectivity index (χ2v) is 5.73. The molecule has 5 nitrogen and oxygen atoms in total. The maximum Gasteiger partial charge on any atom is 0.263 e. The lowest BCUT2D eigenvalue weighted by Gasteiger charge is -2.03. The van der Waals surface area contributed by atoms with E-state index in [2.05, 4.69) is 20.5 Å². The van der Waals surface area contributed by atoms with Crippen LogP contribution >= 0.6 is 11.3 Å². The Labute approximate surface area is 116 Å². The number of thiazole rings is 1. The third-order valence-electron chi connectivity index (χ3n) is 2.95. The minimum Gasteiger partial charge on any atom is -0.351 e. The predicted octanol–water partition coefficient (Wildman–Crippen LogP) is 2.15. The number of amides is 1. The van der Waals surface area contributed by atoms with Crippen LogP contribution < -0.4 is 5.32 Å². The molecule has 19 heavy (non-hydrogen) atoms. The highest BCUT2D eigenvalue weighted by Gasteiger charge is 2.12. The van der Waals surface area contributed by atoms with Gasteiger partial charge in [0, 0.05) is 12.2 Å². The van der Waals surface area contributed by atoms with E-state index in [1.54, 1.807) is 0 Å². The Morgan fingerprint density at radius 2 is 2.21 bits per heavy atom. The highest BCUT2D eigenvalue weighted by molar-refractivity contribution is 7.13. The van der Waals surface area contributed by atoms with E-state index in [1.807, 2.05) is 27.0 Å². The van der Waals surface area contributed by atoms with E-state index in [-0.39, 0.29) is 5.91 Å². The third kappa shape index (κ3) is 3.41. The first-order valence-electron chi connectivity index (χ1n) is 6.29. The van der Waals surface area contributed by atoms with Gasteiger partial charge in [0.1, 0.15) is 4.88 Å². The molecule has 2 N–H and O–H groups in total. The number of carbonyl (C=O) groups is 1. The quantitative estimate of drug-likeness (QED) is 0.823. The highest BCUT2D eigenvalue weighted by atomic mass is 32.1. The smallest absolute Gasteiger partial charge is 0.263 e. The summed E-state index contributed by atoms with van der Waals surface area (Å²) in [7, 11) is 0. The lowest BCUT2D eigenvalue weighted by Crippen LogP contribution is -2.24. The summed E-state index contributed by atoms with van der Waals surface area (Å²) in [4.78, 5) is 16.9. The van der Waals surface area contributed by atoms with Crippen molar-refractivity contribution >= 4 is 17.2 Å². The van der Waals surface area contributed by atoms with E-state index >= 15 is 0 Å². The van der Waals surface area contributed by atoms with Gasteiger partial charge in [0.2, 0.25) is 0 Å². The van der Waals surface area contributed by atoms with Crippen LogP contribution in [0.3, 0.4) is 0 Å². The van der Waals surface area contributed by atoms with Gasteiger partial charge >= 0.3 is 0 Å². The Morgan fingerprint density at radius 1 is 1.42 bits per heavy atom. The van der Waals surface area contributed by atoms with Crippen LogP contribution in [0.4, 0.5) is 0 Å². The molecule has 1 amide bonds. The fraction of sp³-hybridized carbons (Fsp3) is 0.462. The number of aryl methyl sites for hydroxylation is 4. The van der Waals surface area contributed by atoms with Gasteiger partial charge in [0.05, 0.1) is 16.9 Å². The van der Waals surface area contributed by atoms with Crippen LogP contribution in [-0.2, 0) is 6.42 Å². The number of carbonyl (C=O) groups excluding carboxylic acids is 1. The molecule has 0 aliphatic heterocycles. The summed E-state index contributed by atoms with van der Waals surface area (Å²) in [5.41, 5.74) is 3.12. The summed E-state index contributed by atoms with van der Waals surface area (Å²) >= 11 is 1.44. The minimum atomic E-state index is -0.0213. The first-order valence-corrected chi connectivity index (χ1v) is 7.10. The van der Waals surface area contributed by atoms with Gasteiger partial charge in [0.15, 0.2) is 0 Å². The zero-order chi connectivity index (χ0) is 13.8. The lowest BCUT2D eigenvalue weighted by molar-refractivity contribution is 0.0956. The average molecular weight is 278 g/mol. The molecule has 0 unspecified atom stereocenters. The maximum atomic E-state index is 11.9. The summed E-state index contributed by atoms with van der Waals surface area (Å²) in [6, 6.07) is 0. The fourth-order valence-electron chi connectivity index (χ4n) is 1.93. The Morgan fingerprint density at radius 3 is 2.79 bits per heavy atom. The van der Waals surface area contributed by atoms with E-state index in [4.69, 9.17) is 0 Å². The van der Waals surface area contributed by atoms with Crippen molar-refractivity contribution in [3.63, 3.8) is 0 Å². The van der Waals surface area contributed by atoms with Crippen LogP contribution in [0.2, 0.25) is 0 Å². The Balaban J connectivity index is 1.78. The zero-order valence-electron chi connectivity index (χ0n) is 11.4. The molecule has 0 aliphatic rings. The molecule has 0 aromatic carbocycles. The number of nitrogens with one attached hydrogen (secondary N) is 2. The minimum absolute atomic E-state index is 0.0213. The standard InChI is InChI=1S/C13H18N4OS/c1-8-11(7-15-17-8)5-4-6-14-13(18)12-9(2)16-10(3)19-12/h7H,4-6H2,1-3H3,(H,14,18)(H,15,17). The van der Waals surface area contributed by atoms with Gasteiger partial charge in [0.25, 0.3) is 5.91 Å². The van der Waals surface area contributed by atoms with Crippen molar-refractivity contribution < 1.29 is 4.79 Å². The number of H-pyrrole nitrogens is 1. The summed E-state index contributed by atoms with van der Waals surface area (Å²) in [6.45, 7) is 6.45. The topological polar surface area (TPSA) is 70.7 Å². The van der Waals surface area contributed by atoms with Crippen molar-refractivity contribution in [3.8, 4) is 0 Å². The third-order valence-corrected chi connectivity index (χ3v) is 4.02. The Bertz CT molecular complexity index is 573. The predicted molar refractivity (Wildman–Crippen MR) is 75.6 cm³/mol. The largest absolute Gasteiger partial charge is 0.351 e. The number of rotatable bonds is 5. The molecule has 0 fully saturated rings. The average Bonchev–Trinajstić information content (AvgIpc) is 2.91. The van der Waals surface area contributed by atoms with Crippen molar-refractivity contribution in [3.05, 3.63) is 33.0 Å². The molecule has 0 aliphatic carbocycles. The van der Waals surface area contributed by atoms with Gasteiger partial charge in [-0.15, -0.1) is 11.3 Å². The van der Waals surface area contributed by atoms with Crippen molar-refractivity contribution in [2.75, 3.05) is 6.54 Å². The monoisotopic (exact) mass is 278 g/mol. The molecule has 0 atom stereocenters. The molecule has 2 rings (SSSR count). The summed E-state index contributed by atoms with van der Waals surface area (Å²) in [6.07, 6.45) is 3.67. The molecule has 6 heteroatoms. The zero-order valence-corrected chi connectivity index (χ0v) is 12.2. The lowest BCUT2D eigenvalue weighted by atomic mass is 10.1. The van der Waals surface area contributed by atoms with E-state index in [9.17, 15) is 4.79 Å². The highest BCUT2D eigenvalue weighted by Crippen LogP contribution is 2.16. The van der Waals surface area contributed by atoms with Crippen molar-refractivity contribution in [2.45, 2.75) is 33.6 Å². The number of hydrogen-bond acceptors (Lipinski definition) is 4.